The minimum Gasteiger partial charge on any atom is -0.353 e. The Kier molecular flexibility index (Phi) is 11.0. The van der Waals surface area contributed by atoms with E-state index in [0.29, 0.717) is 12.1 Å². The molecule has 0 heterocycles. The van der Waals surface area contributed by atoms with E-state index in [1.165, 1.54) is 0 Å². The zero-order valence-electron chi connectivity index (χ0n) is 27.4. The van der Waals surface area contributed by atoms with Crippen LogP contribution in [-0.4, -0.2) is 5.11 Å². The van der Waals surface area contributed by atoms with Crippen molar-refractivity contribution in [2.75, 3.05) is 5.32 Å². The number of thiocarbonyl (C=S) groups is 1. The van der Waals surface area contributed by atoms with Gasteiger partial charge in [0.15, 0.2) is 5.11 Å². The van der Waals surface area contributed by atoms with Crippen LogP contribution in [0.15, 0.2) is 175 Å². The smallest absolute Gasteiger partial charge is 0.353 e. The van der Waals surface area contributed by atoms with Crippen LogP contribution in [0.3, 0.4) is 0 Å². The van der Waals surface area contributed by atoms with Gasteiger partial charge in [-0.2, -0.15) is 26.3 Å². The van der Waals surface area contributed by atoms with Crippen LogP contribution in [0.4, 0.5) is 32.0 Å². The molecule has 0 aliphatic carbocycles. The third-order valence-corrected chi connectivity index (χ3v) is 12.4. The Balaban J connectivity index is 1.56. The van der Waals surface area contributed by atoms with Crippen LogP contribution in [0, 0.1) is 0 Å². The molecule has 0 fully saturated rings. The monoisotopic (exact) mass is 743 g/mol. The van der Waals surface area contributed by atoms with Crippen LogP contribution < -0.4 is 26.5 Å². The molecule has 52 heavy (non-hydrogen) atoms. The fourth-order valence-electron chi connectivity index (χ4n) is 6.08. The number of alkyl halides is 6. The standard InChI is InChI=1S/C41H32F6N3PS/c42-40(43,44)31-26-32(41(45,46)47)28-33(27-31)48-39(52)49-37(29-16-6-1-7-17-29)38(30-18-8-2-9-19-30)50-51(34-20-10-3-11-21-34,35-22-12-4-13-23-35)36-24-14-5-15-25-36/h1-28,37-38H,(H2,48,49,52). The van der Waals surface area contributed by atoms with Crippen molar-refractivity contribution in [1.82, 2.24) is 5.32 Å². The first-order chi connectivity index (χ1) is 24.9. The number of rotatable bonds is 9. The van der Waals surface area contributed by atoms with E-state index >= 15 is 0 Å². The number of anilines is 1. The molecule has 2 unspecified atom stereocenters. The summed E-state index contributed by atoms with van der Waals surface area (Å²) in [6.07, 6.45) is -10.0. The zero-order chi connectivity index (χ0) is 36.8. The molecule has 0 aliphatic rings. The van der Waals surface area contributed by atoms with Crippen molar-refractivity contribution < 1.29 is 26.3 Å². The molecule has 2 atom stereocenters. The number of benzene rings is 6. The Morgan fingerprint density at radius 2 is 0.885 bits per heavy atom. The van der Waals surface area contributed by atoms with Gasteiger partial charge in [-0.15, -0.1) is 0 Å². The second kappa shape index (κ2) is 15.6. The van der Waals surface area contributed by atoms with Crippen molar-refractivity contribution in [3.8, 4) is 0 Å². The Hall–Kier alpha value is -5.18. The van der Waals surface area contributed by atoms with E-state index in [1.54, 1.807) is 0 Å². The second-order valence-electron chi connectivity index (χ2n) is 11.9. The summed E-state index contributed by atoms with van der Waals surface area (Å²) in [5.74, 6) is 0. The van der Waals surface area contributed by atoms with Gasteiger partial charge in [-0.25, -0.2) is 0 Å². The van der Waals surface area contributed by atoms with E-state index in [1.807, 2.05) is 115 Å². The highest BCUT2D eigenvalue weighted by molar-refractivity contribution is 7.87. The molecule has 3 nitrogen and oxygen atoms in total. The maximum atomic E-state index is 13.7. The molecule has 6 aromatic rings. The average molecular weight is 744 g/mol. The molecule has 6 rings (SSSR count). The minimum atomic E-state index is -5.02. The summed E-state index contributed by atoms with van der Waals surface area (Å²) in [5.41, 5.74) is -1.80. The number of nitrogens with zero attached hydrogens (tertiary/aromatic N) is 1. The molecule has 0 radical (unpaired) electrons. The molecule has 0 aliphatic heterocycles. The molecule has 11 heteroatoms. The van der Waals surface area contributed by atoms with Crippen LogP contribution >= 0.6 is 19.3 Å². The number of nitrogens with one attached hydrogen (secondary N) is 2. The van der Waals surface area contributed by atoms with Gasteiger partial charge in [-0.3, -0.25) is 4.74 Å². The van der Waals surface area contributed by atoms with E-state index in [0.717, 1.165) is 27.0 Å². The lowest BCUT2D eigenvalue weighted by Gasteiger charge is -2.34. The van der Waals surface area contributed by atoms with Gasteiger partial charge in [0.05, 0.1) is 30.3 Å². The first-order valence-corrected chi connectivity index (χ1v) is 18.4. The second-order valence-corrected chi connectivity index (χ2v) is 15.4. The maximum absolute atomic E-state index is 13.7. The number of hydrogen-bond acceptors (Lipinski definition) is 2. The molecule has 0 saturated heterocycles. The third kappa shape index (κ3) is 8.30. The Bertz CT molecular complexity index is 2010. The van der Waals surface area contributed by atoms with Gasteiger partial charge in [0.25, 0.3) is 0 Å². The topological polar surface area (TPSA) is 36.4 Å². The first-order valence-electron chi connectivity index (χ1n) is 16.2. The van der Waals surface area contributed by atoms with Gasteiger partial charge in [0.1, 0.15) is 0 Å². The van der Waals surface area contributed by atoms with Crippen molar-refractivity contribution >= 4 is 46.0 Å². The lowest BCUT2D eigenvalue weighted by molar-refractivity contribution is -0.143. The van der Waals surface area contributed by atoms with E-state index in [-0.39, 0.29) is 11.2 Å². The Morgan fingerprint density at radius 3 is 1.27 bits per heavy atom. The van der Waals surface area contributed by atoms with E-state index in [9.17, 15) is 26.3 Å². The van der Waals surface area contributed by atoms with Gasteiger partial charge in [-0.1, -0.05) is 152 Å². The van der Waals surface area contributed by atoms with Crippen molar-refractivity contribution in [2.24, 2.45) is 4.74 Å². The lowest BCUT2D eigenvalue weighted by Crippen LogP contribution is -2.36. The number of halogens is 6. The molecule has 0 aromatic heterocycles. The number of hydrogen-bond donors (Lipinski definition) is 2. The summed E-state index contributed by atoms with van der Waals surface area (Å²) in [6, 6.07) is 48.8. The molecule has 264 valence electrons. The average Bonchev–Trinajstić information content (AvgIpc) is 3.16. The predicted octanol–water partition coefficient (Wildman–Crippen LogP) is 10.7. The molecule has 6 aromatic carbocycles. The largest absolute Gasteiger partial charge is 0.416 e. The van der Waals surface area contributed by atoms with Gasteiger partial charge >= 0.3 is 12.4 Å². The highest BCUT2D eigenvalue weighted by atomic mass is 32.1. The van der Waals surface area contributed by atoms with Crippen LogP contribution in [0.25, 0.3) is 0 Å². The van der Waals surface area contributed by atoms with Crippen LogP contribution in [0.5, 0.6) is 0 Å². The van der Waals surface area contributed by atoms with Gasteiger partial charge < -0.3 is 10.6 Å². The summed E-state index contributed by atoms with van der Waals surface area (Å²) in [4.78, 5) is 0. The maximum Gasteiger partial charge on any atom is 0.416 e. The molecule has 0 amide bonds. The summed E-state index contributed by atoms with van der Waals surface area (Å²) in [5, 5.41) is 8.67. The Morgan fingerprint density at radius 1 is 0.519 bits per heavy atom. The molecular weight excluding hydrogens is 712 g/mol. The summed E-state index contributed by atoms with van der Waals surface area (Å²) in [6.45, 7) is 0. The van der Waals surface area contributed by atoms with Crippen molar-refractivity contribution in [2.45, 2.75) is 24.4 Å². The van der Waals surface area contributed by atoms with Crippen molar-refractivity contribution in [3.05, 3.63) is 192 Å². The van der Waals surface area contributed by atoms with Crippen molar-refractivity contribution in [1.29, 1.82) is 0 Å². The minimum absolute atomic E-state index is 0.0821. The highest BCUT2D eigenvalue weighted by Crippen LogP contribution is 2.51. The van der Waals surface area contributed by atoms with Crippen LogP contribution in [0.1, 0.15) is 34.3 Å². The predicted molar refractivity (Wildman–Crippen MR) is 202 cm³/mol. The molecular formula is C41H32F6N3PS. The Labute approximate surface area is 303 Å². The van der Waals surface area contributed by atoms with Gasteiger partial charge in [0.2, 0.25) is 0 Å². The highest BCUT2D eigenvalue weighted by Gasteiger charge is 2.37. The third-order valence-electron chi connectivity index (χ3n) is 8.43. The molecule has 2 N–H and O–H groups in total. The normalized spacial score (nSPS) is 13.1. The van der Waals surface area contributed by atoms with E-state index in [2.05, 4.69) is 47.0 Å². The zero-order valence-corrected chi connectivity index (χ0v) is 29.1. The summed E-state index contributed by atoms with van der Waals surface area (Å²) in [7, 11) is -2.84. The summed E-state index contributed by atoms with van der Waals surface area (Å²) < 4.78 is 88.2. The van der Waals surface area contributed by atoms with Crippen molar-refractivity contribution in [3.63, 3.8) is 0 Å². The molecule has 0 saturated carbocycles. The van der Waals surface area contributed by atoms with Gasteiger partial charge in [-0.05, 0) is 41.5 Å². The molecule has 0 spiro atoms. The lowest BCUT2D eigenvalue weighted by atomic mass is 9.94. The first kappa shape index (κ1) is 36.6. The SMILES string of the molecule is FC(F)(F)c1cc(NC(=S)NC(c2ccccc2)C(N=P(c2ccccc2)(c2ccccc2)c2ccccc2)c2ccccc2)cc(C(F)(F)F)c1. The van der Waals surface area contributed by atoms with Gasteiger partial charge in [0, 0.05) is 21.6 Å². The summed E-state index contributed by atoms with van der Waals surface area (Å²) >= 11 is 5.66. The van der Waals surface area contributed by atoms with E-state index < -0.39 is 48.3 Å². The van der Waals surface area contributed by atoms with E-state index in [4.69, 9.17) is 17.0 Å². The fourth-order valence-corrected chi connectivity index (χ4v) is 10.1. The molecule has 0 bridgehead atoms. The fraction of sp³-hybridized carbons (Fsp3) is 0.0976. The quantitative estimate of drug-likeness (QED) is 0.0880. The van der Waals surface area contributed by atoms with Crippen LogP contribution in [0.2, 0.25) is 0 Å². The van der Waals surface area contributed by atoms with Crippen LogP contribution in [-0.2, 0) is 12.4 Å².